The van der Waals surface area contributed by atoms with Crippen molar-refractivity contribution in [1.29, 1.82) is 0 Å². The molecule has 27 heavy (non-hydrogen) atoms. The van der Waals surface area contributed by atoms with E-state index < -0.39 is 0 Å². The van der Waals surface area contributed by atoms with Crippen LogP contribution in [0.3, 0.4) is 0 Å². The molecular weight excluding hydrogens is 343 g/mol. The molecule has 148 valence electrons. The van der Waals surface area contributed by atoms with Gasteiger partial charge in [-0.25, -0.2) is 4.39 Å². The van der Waals surface area contributed by atoms with E-state index >= 15 is 0 Å². The minimum Gasteiger partial charge on any atom is -0.356 e. The van der Waals surface area contributed by atoms with Crippen molar-refractivity contribution < 1.29 is 9.18 Å². The van der Waals surface area contributed by atoms with E-state index in [1.807, 2.05) is 17.0 Å². The Labute approximate surface area is 161 Å². The lowest BCUT2D eigenvalue weighted by molar-refractivity contribution is -0.132. The average molecular weight is 375 g/mol. The molecule has 1 saturated heterocycles. The van der Waals surface area contributed by atoms with Gasteiger partial charge in [0.05, 0.1) is 0 Å². The van der Waals surface area contributed by atoms with Crippen molar-refractivity contribution in [3.05, 3.63) is 35.6 Å². The van der Waals surface area contributed by atoms with Crippen molar-refractivity contribution >= 4 is 11.9 Å². The summed E-state index contributed by atoms with van der Waals surface area (Å²) in [6.07, 6.45) is 4.73. The van der Waals surface area contributed by atoms with Gasteiger partial charge in [0.2, 0.25) is 5.91 Å². The van der Waals surface area contributed by atoms with Crippen LogP contribution in [0, 0.1) is 11.7 Å². The molecule has 5 nitrogen and oxygen atoms in total. The van der Waals surface area contributed by atoms with Crippen LogP contribution >= 0.6 is 0 Å². The lowest BCUT2D eigenvalue weighted by atomic mass is 9.95. The number of aliphatic imine (C=N–C) groups is 1. The van der Waals surface area contributed by atoms with Crippen LogP contribution in [0.25, 0.3) is 0 Å². The van der Waals surface area contributed by atoms with Gasteiger partial charge in [-0.05, 0) is 43.2 Å². The Balaban J connectivity index is 1.44. The Kier molecular flexibility index (Phi) is 6.34. The van der Waals surface area contributed by atoms with E-state index in [-0.39, 0.29) is 17.1 Å². The van der Waals surface area contributed by atoms with Gasteiger partial charge in [0.1, 0.15) is 5.82 Å². The monoisotopic (exact) mass is 374 g/mol. The Bertz CT molecular complexity index is 687. The number of benzene rings is 1. The SMILES string of the molecule is CN=C(NCCC(=O)N1CCCC(C)C1)NCC1(c2ccccc2F)CC1. The summed E-state index contributed by atoms with van der Waals surface area (Å²) in [4.78, 5) is 18.6. The van der Waals surface area contributed by atoms with E-state index in [2.05, 4.69) is 22.5 Å². The van der Waals surface area contributed by atoms with E-state index in [1.165, 1.54) is 12.5 Å². The molecular formula is C21H31FN4O. The van der Waals surface area contributed by atoms with Crippen molar-refractivity contribution in [2.45, 2.75) is 44.4 Å². The fourth-order valence-corrected chi connectivity index (χ4v) is 3.92. The summed E-state index contributed by atoms with van der Waals surface area (Å²) in [5, 5.41) is 6.52. The smallest absolute Gasteiger partial charge is 0.224 e. The van der Waals surface area contributed by atoms with Crippen molar-refractivity contribution in [1.82, 2.24) is 15.5 Å². The number of rotatable bonds is 6. The van der Waals surface area contributed by atoms with Crippen LogP contribution in [-0.2, 0) is 10.2 Å². The molecule has 2 aliphatic rings. The molecule has 1 saturated carbocycles. The highest BCUT2D eigenvalue weighted by molar-refractivity contribution is 5.81. The predicted octanol–water partition coefficient (Wildman–Crippen LogP) is 2.67. The highest BCUT2D eigenvalue weighted by Gasteiger charge is 2.45. The van der Waals surface area contributed by atoms with Gasteiger partial charge in [0.15, 0.2) is 5.96 Å². The van der Waals surface area contributed by atoms with E-state index in [1.54, 1.807) is 13.1 Å². The lowest BCUT2D eigenvalue weighted by Gasteiger charge is -2.31. The third-order valence-electron chi connectivity index (χ3n) is 5.76. The standard InChI is InChI=1S/C21H31FN4O/c1-16-6-5-13-26(14-16)19(27)9-12-24-20(23-2)25-15-21(10-11-21)17-7-3-4-8-18(17)22/h3-4,7-8,16H,5-6,9-15H2,1-2H3,(H2,23,24,25). The number of carbonyl (C=O) groups excluding carboxylic acids is 1. The van der Waals surface area contributed by atoms with Crippen molar-refractivity contribution in [2.24, 2.45) is 10.9 Å². The summed E-state index contributed by atoms with van der Waals surface area (Å²) in [7, 11) is 1.71. The highest BCUT2D eigenvalue weighted by atomic mass is 19.1. The number of nitrogens with one attached hydrogen (secondary N) is 2. The first kappa shape index (κ1) is 19.6. The van der Waals surface area contributed by atoms with Crippen LogP contribution in [-0.4, -0.2) is 50.0 Å². The van der Waals surface area contributed by atoms with Gasteiger partial charge < -0.3 is 15.5 Å². The molecule has 6 heteroatoms. The second-order valence-electron chi connectivity index (χ2n) is 7.95. The molecule has 1 unspecified atom stereocenters. The Hall–Kier alpha value is -2.11. The Morgan fingerprint density at radius 1 is 1.33 bits per heavy atom. The molecule has 1 aliphatic heterocycles. The Morgan fingerprint density at radius 2 is 2.11 bits per heavy atom. The Morgan fingerprint density at radius 3 is 2.78 bits per heavy atom. The summed E-state index contributed by atoms with van der Waals surface area (Å²) in [5.41, 5.74) is 0.644. The third-order valence-corrected chi connectivity index (χ3v) is 5.76. The van der Waals surface area contributed by atoms with Gasteiger partial charge in [0, 0.05) is 45.1 Å². The van der Waals surface area contributed by atoms with Gasteiger partial charge in [0.25, 0.3) is 0 Å². The van der Waals surface area contributed by atoms with Gasteiger partial charge in [-0.15, -0.1) is 0 Å². The maximum Gasteiger partial charge on any atom is 0.224 e. The maximum atomic E-state index is 14.1. The highest BCUT2D eigenvalue weighted by Crippen LogP contribution is 2.48. The van der Waals surface area contributed by atoms with Crippen LogP contribution < -0.4 is 10.6 Å². The molecule has 0 bridgehead atoms. The van der Waals surface area contributed by atoms with Gasteiger partial charge in [-0.3, -0.25) is 9.79 Å². The van der Waals surface area contributed by atoms with Crippen molar-refractivity contribution in [3.63, 3.8) is 0 Å². The number of likely N-dealkylation sites (tertiary alicyclic amines) is 1. The van der Waals surface area contributed by atoms with E-state index in [0.717, 1.165) is 37.9 Å². The molecule has 0 spiro atoms. The fourth-order valence-electron chi connectivity index (χ4n) is 3.92. The zero-order chi connectivity index (χ0) is 19.3. The largest absolute Gasteiger partial charge is 0.356 e. The number of halogens is 1. The van der Waals surface area contributed by atoms with Crippen LogP contribution in [0.5, 0.6) is 0 Å². The maximum absolute atomic E-state index is 14.1. The van der Waals surface area contributed by atoms with Crippen LogP contribution in [0.2, 0.25) is 0 Å². The summed E-state index contributed by atoms with van der Waals surface area (Å²) < 4.78 is 14.1. The van der Waals surface area contributed by atoms with E-state index in [0.29, 0.717) is 31.4 Å². The van der Waals surface area contributed by atoms with Crippen LogP contribution in [0.1, 0.15) is 44.6 Å². The molecule has 0 radical (unpaired) electrons. The number of nitrogens with zero attached hydrogens (tertiary/aromatic N) is 2. The number of hydrogen-bond donors (Lipinski definition) is 2. The molecule has 3 rings (SSSR count). The molecule has 2 fully saturated rings. The van der Waals surface area contributed by atoms with Crippen molar-refractivity contribution in [2.75, 3.05) is 33.2 Å². The first-order chi connectivity index (χ1) is 13.0. The molecule has 2 N–H and O–H groups in total. The number of piperidine rings is 1. The minimum atomic E-state index is -0.138. The molecule has 1 atom stereocenters. The number of hydrogen-bond acceptors (Lipinski definition) is 2. The van der Waals surface area contributed by atoms with Gasteiger partial charge in [-0.2, -0.15) is 0 Å². The second kappa shape index (κ2) is 8.72. The minimum absolute atomic E-state index is 0.136. The number of guanidine groups is 1. The molecule has 1 aromatic carbocycles. The van der Waals surface area contributed by atoms with Crippen molar-refractivity contribution in [3.8, 4) is 0 Å². The first-order valence-electron chi connectivity index (χ1n) is 10.0. The summed E-state index contributed by atoms with van der Waals surface area (Å²) in [5.74, 6) is 1.33. The molecule has 1 aliphatic carbocycles. The predicted molar refractivity (Wildman–Crippen MR) is 106 cm³/mol. The summed E-state index contributed by atoms with van der Waals surface area (Å²) in [6.45, 7) is 5.15. The first-order valence-corrected chi connectivity index (χ1v) is 10.0. The number of carbonyl (C=O) groups is 1. The normalized spacial score (nSPS) is 21.7. The lowest BCUT2D eigenvalue weighted by Crippen LogP contribution is -2.44. The summed E-state index contributed by atoms with van der Waals surface area (Å²) in [6, 6.07) is 7.01. The molecule has 0 aromatic heterocycles. The fraction of sp³-hybridized carbons (Fsp3) is 0.619. The average Bonchev–Trinajstić information content (AvgIpc) is 3.45. The zero-order valence-electron chi connectivity index (χ0n) is 16.4. The van der Waals surface area contributed by atoms with Crippen LogP contribution in [0.4, 0.5) is 4.39 Å². The topological polar surface area (TPSA) is 56.7 Å². The summed E-state index contributed by atoms with van der Waals surface area (Å²) >= 11 is 0. The van der Waals surface area contributed by atoms with Crippen LogP contribution in [0.15, 0.2) is 29.3 Å². The van der Waals surface area contributed by atoms with E-state index in [9.17, 15) is 9.18 Å². The third kappa shape index (κ3) is 4.99. The molecule has 1 heterocycles. The zero-order valence-corrected chi connectivity index (χ0v) is 16.4. The van der Waals surface area contributed by atoms with Gasteiger partial charge in [-0.1, -0.05) is 25.1 Å². The quantitative estimate of drug-likeness (QED) is 0.595. The van der Waals surface area contributed by atoms with E-state index in [4.69, 9.17) is 0 Å². The number of amides is 1. The second-order valence-corrected chi connectivity index (χ2v) is 7.95. The molecule has 1 amide bonds. The molecule has 1 aromatic rings. The van der Waals surface area contributed by atoms with Gasteiger partial charge >= 0.3 is 0 Å².